The Morgan fingerprint density at radius 3 is 1.02 bits per heavy atom. The molecule has 0 atom stereocenters. The predicted molar refractivity (Wildman–Crippen MR) is 172 cm³/mol. The predicted octanol–water partition coefficient (Wildman–Crippen LogP) is 10.8. The van der Waals surface area contributed by atoms with Crippen LogP contribution in [0.25, 0.3) is 33.4 Å². The summed E-state index contributed by atoms with van der Waals surface area (Å²) in [6, 6.07) is 51.5. The molecule has 0 bridgehead atoms. The first-order chi connectivity index (χ1) is 19.7. The SMILES string of the molecule is Cc1cccc(Nc2ccccc2-c2ccccc2-c2ccccc2-c2ccccc2Nc2cccc(C)c2)c1. The Bertz CT molecular complexity index is 1650. The normalized spacial score (nSPS) is 10.8. The van der Waals surface area contributed by atoms with E-state index in [-0.39, 0.29) is 0 Å². The number of nitrogens with one attached hydrogen (secondary N) is 2. The van der Waals surface area contributed by atoms with Crippen molar-refractivity contribution in [2.24, 2.45) is 0 Å². The van der Waals surface area contributed by atoms with Crippen molar-refractivity contribution in [3.8, 4) is 33.4 Å². The molecule has 40 heavy (non-hydrogen) atoms. The van der Waals surface area contributed by atoms with Crippen molar-refractivity contribution >= 4 is 22.7 Å². The van der Waals surface area contributed by atoms with E-state index >= 15 is 0 Å². The molecule has 2 nitrogen and oxygen atoms in total. The van der Waals surface area contributed by atoms with Gasteiger partial charge in [0.15, 0.2) is 0 Å². The fourth-order valence-corrected chi connectivity index (χ4v) is 5.32. The molecule has 6 rings (SSSR count). The number of benzene rings is 6. The van der Waals surface area contributed by atoms with E-state index in [1.54, 1.807) is 0 Å². The number of aryl methyl sites for hydroxylation is 2. The summed E-state index contributed by atoms with van der Waals surface area (Å²) in [6.45, 7) is 4.24. The first-order valence-electron chi connectivity index (χ1n) is 13.7. The van der Waals surface area contributed by atoms with E-state index in [9.17, 15) is 0 Å². The highest BCUT2D eigenvalue weighted by atomic mass is 14.9. The number of hydrogen-bond donors (Lipinski definition) is 2. The highest BCUT2D eigenvalue weighted by Gasteiger charge is 2.16. The molecule has 0 unspecified atom stereocenters. The van der Waals surface area contributed by atoms with Crippen LogP contribution in [-0.4, -0.2) is 0 Å². The minimum atomic E-state index is 1.08. The number of anilines is 4. The standard InChI is InChI=1S/C38H32N2/c1-27-13-11-15-29(25-27)39-37-23-9-7-21-35(37)33-19-5-3-17-31(33)32-18-4-6-20-34(32)36-22-8-10-24-38(36)40-30-16-12-14-28(2)26-30/h3-26,39-40H,1-2H3. The molecular weight excluding hydrogens is 484 g/mol. The molecule has 0 amide bonds. The molecule has 0 heterocycles. The topological polar surface area (TPSA) is 24.1 Å². The van der Waals surface area contributed by atoms with Crippen LogP contribution >= 0.6 is 0 Å². The third-order valence-corrected chi connectivity index (χ3v) is 7.17. The second-order valence-electron chi connectivity index (χ2n) is 10.2. The monoisotopic (exact) mass is 516 g/mol. The van der Waals surface area contributed by atoms with Crippen molar-refractivity contribution in [1.82, 2.24) is 0 Å². The van der Waals surface area contributed by atoms with Gasteiger partial charge in [0.2, 0.25) is 0 Å². The average Bonchev–Trinajstić information content (AvgIpc) is 2.98. The summed E-state index contributed by atoms with van der Waals surface area (Å²) in [5, 5.41) is 7.34. The molecule has 0 aliphatic carbocycles. The van der Waals surface area contributed by atoms with Gasteiger partial charge in [0.25, 0.3) is 0 Å². The maximum Gasteiger partial charge on any atom is 0.0464 e. The minimum absolute atomic E-state index is 1.08. The molecular formula is C38H32N2. The van der Waals surface area contributed by atoms with Gasteiger partial charge < -0.3 is 10.6 Å². The summed E-state index contributed by atoms with van der Waals surface area (Å²) in [7, 11) is 0. The fourth-order valence-electron chi connectivity index (χ4n) is 5.32. The molecule has 0 aromatic heterocycles. The Kier molecular flexibility index (Phi) is 7.15. The van der Waals surface area contributed by atoms with Gasteiger partial charge in [0.1, 0.15) is 0 Å². The van der Waals surface area contributed by atoms with Crippen LogP contribution in [0.3, 0.4) is 0 Å². The van der Waals surface area contributed by atoms with Crippen molar-refractivity contribution in [3.63, 3.8) is 0 Å². The second kappa shape index (κ2) is 11.3. The van der Waals surface area contributed by atoms with Gasteiger partial charge in [-0.15, -0.1) is 0 Å². The highest BCUT2D eigenvalue weighted by molar-refractivity contribution is 5.97. The molecule has 6 aromatic carbocycles. The molecule has 0 saturated heterocycles. The lowest BCUT2D eigenvalue weighted by Gasteiger charge is -2.19. The van der Waals surface area contributed by atoms with E-state index in [2.05, 4.69) is 170 Å². The third kappa shape index (κ3) is 5.39. The maximum absolute atomic E-state index is 3.67. The number of hydrogen-bond acceptors (Lipinski definition) is 2. The van der Waals surface area contributed by atoms with Gasteiger partial charge in [-0.3, -0.25) is 0 Å². The lowest BCUT2D eigenvalue weighted by molar-refractivity contribution is 1.44. The van der Waals surface area contributed by atoms with Crippen LogP contribution in [0.4, 0.5) is 22.7 Å². The van der Waals surface area contributed by atoms with Crippen molar-refractivity contribution < 1.29 is 0 Å². The first kappa shape index (κ1) is 25.2. The van der Waals surface area contributed by atoms with Gasteiger partial charge in [0.05, 0.1) is 0 Å². The molecule has 194 valence electrons. The first-order valence-corrected chi connectivity index (χ1v) is 13.7. The molecule has 0 radical (unpaired) electrons. The largest absolute Gasteiger partial charge is 0.355 e. The maximum atomic E-state index is 3.67. The van der Waals surface area contributed by atoms with E-state index in [1.165, 1.54) is 44.5 Å². The summed E-state index contributed by atoms with van der Waals surface area (Å²) in [5.74, 6) is 0. The van der Waals surface area contributed by atoms with Gasteiger partial charge in [-0.25, -0.2) is 0 Å². The van der Waals surface area contributed by atoms with Crippen molar-refractivity contribution in [2.45, 2.75) is 13.8 Å². The van der Waals surface area contributed by atoms with Crippen LogP contribution in [-0.2, 0) is 0 Å². The van der Waals surface area contributed by atoms with E-state index in [4.69, 9.17) is 0 Å². The molecule has 2 heteroatoms. The Labute approximate surface area is 237 Å². The Balaban J connectivity index is 1.45. The summed E-state index contributed by atoms with van der Waals surface area (Å²) < 4.78 is 0. The van der Waals surface area contributed by atoms with Crippen LogP contribution in [0.1, 0.15) is 11.1 Å². The summed E-state index contributed by atoms with van der Waals surface area (Å²) >= 11 is 0. The van der Waals surface area contributed by atoms with Crippen LogP contribution in [0.5, 0.6) is 0 Å². The molecule has 2 N–H and O–H groups in total. The van der Waals surface area contributed by atoms with Crippen LogP contribution in [0, 0.1) is 13.8 Å². The Hall–Kier alpha value is -5.08. The zero-order valence-electron chi connectivity index (χ0n) is 22.9. The van der Waals surface area contributed by atoms with Crippen LogP contribution in [0.2, 0.25) is 0 Å². The lowest BCUT2D eigenvalue weighted by atomic mass is 9.88. The van der Waals surface area contributed by atoms with Crippen LogP contribution in [0.15, 0.2) is 146 Å². The minimum Gasteiger partial charge on any atom is -0.355 e. The molecule has 0 saturated carbocycles. The van der Waals surface area contributed by atoms with Gasteiger partial charge in [-0.05, 0) is 83.6 Å². The molecule has 0 aliphatic heterocycles. The van der Waals surface area contributed by atoms with Crippen molar-refractivity contribution in [3.05, 3.63) is 157 Å². The lowest BCUT2D eigenvalue weighted by Crippen LogP contribution is -1.97. The van der Waals surface area contributed by atoms with E-state index in [1.807, 2.05) is 0 Å². The van der Waals surface area contributed by atoms with E-state index < -0.39 is 0 Å². The van der Waals surface area contributed by atoms with Crippen LogP contribution < -0.4 is 10.6 Å². The fraction of sp³-hybridized carbons (Fsp3) is 0.0526. The van der Waals surface area contributed by atoms with Gasteiger partial charge in [-0.2, -0.15) is 0 Å². The average molecular weight is 517 g/mol. The molecule has 6 aromatic rings. The quantitative estimate of drug-likeness (QED) is 0.220. The Morgan fingerprint density at radius 2 is 0.650 bits per heavy atom. The molecule has 0 aliphatic rings. The summed E-state index contributed by atoms with van der Waals surface area (Å²) in [5.41, 5.74) is 13.9. The van der Waals surface area contributed by atoms with E-state index in [0.29, 0.717) is 0 Å². The van der Waals surface area contributed by atoms with Gasteiger partial charge >= 0.3 is 0 Å². The van der Waals surface area contributed by atoms with Crippen molar-refractivity contribution in [1.29, 1.82) is 0 Å². The van der Waals surface area contributed by atoms with Gasteiger partial charge in [-0.1, -0.05) is 109 Å². The second-order valence-corrected chi connectivity index (χ2v) is 10.2. The zero-order valence-corrected chi connectivity index (χ0v) is 22.9. The van der Waals surface area contributed by atoms with Gasteiger partial charge in [0, 0.05) is 33.9 Å². The summed E-state index contributed by atoms with van der Waals surface area (Å²) in [4.78, 5) is 0. The number of para-hydroxylation sites is 2. The summed E-state index contributed by atoms with van der Waals surface area (Å²) in [6.07, 6.45) is 0. The number of rotatable bonds is 7. The molecule has 0 spiro atoms. The Morgan fingerprint density at radius 1 is 0.325 bits per heavy atom. The van der Waals surface area contributed by atoms with Crippen molar-refractivity contribution in [2.75, 3.05) is 10.6 Å². The zero-order chi connectivity index (χ0) is 27.3. The molecule has 0 fully saturated rings. The smallest absolute Gasteiger partial charge is 0.0464 e. The third-order valence-electron chi connectivity index (χ3n) is 7.17. The van der Waals surface area contributed by atoms with E-state index in [0.717, 1.165) is 22.7 Å². The highest BCUT2D eigenvalue weighted by Crippen LogP contribution is 2.42.